The van der Waals surface area contributed by atoms with Crippen molar-refractivity contribution < 1.29 is 23.8 Å². The van der Waals surface area contributed by atoms with Crippen LogP contribution in [0.1, 0.15) is 52.4 Å². The fraction of sp³-hybridized carbons (Fsp3) is 0.889. The van der Waals surface area contributed by atoms with Gasteiger partial charge in [0.15, 0.2) is 11.3 Å². The van der Waals surface area contributed by atoms with Crippen LogP contribution >= 0.6 is 0 Å². The predicted octanol–water partition coefficient (Wildman–Crippen LogP) is 1.61. The molecule has 0 aromatic rings. The second-order valence-electron chi connectivity index (χ2n) is 8.45. The average Bonchev–Trinajstić information content (AvgIpc) is 3.20. The molecule has 2 bridgehead atoms. The molecule has 5 aliphatic heterocycles. The molecule has 0 aromatic heterocycles. The first-order valence-electron chi connectivity index (χ1n) is 9.32. The summed E-state index contributed by atoms with van der Waals surface area (Å²) in [6.07, 6.45) is 5.29. The zero-order valence-corrected chi connectivity index (χ0v) is 14.3. The molecule has 5 saturated heterocycles. The van der Waals surface area contributed by atoms with Crippen LogP contribution < -0.4 is 0 Å². The molecule has 2 spiro atoms. The van der Waals surface area contributed by atoms with Crippen LogP contribution in [0.2, 0.25) is 0 Å². The Hall–Kier alpha value is -1.14. The molecule has 6 heteroatoms. The van der Waals surface area contributed by atoms with Crippen LogP contribution in [0.4, 0.5) is 0 Å². The van der Waals surface area contributed by atoms with Crippen molar-refractivity contribution in [3.63, 3.8) is 0 Å². The van der Waals surface area contributed by atoms with E-state index in [4.69, 9.17) is 14.2 Å². The minimum atomic E-state index is -0.514. The first-order valence-corrected chi connectivity index (χ1v) is 9.32. The van der Waals surface area contributed by atoms with Crippen molar-refractivity contribution >= 4 is 11.9 Å². The highest BCUT2D eigenvalue weighted by molar-refractivity contribution is 5.75. The summed E-state index contributed by atoms with van der Waals surface area (Å²) in [5, 5.41) is 0. The molecule has 24 heavy (non-hydrogen) atoms. The van der Waals surface area contributed by atoms with Crippen molar-refractivity contribution in [2.45, 2.75) is 81.9 Å². The topological polar surface area (TPSA) is 65.1 Å². The van der Waals surface area contributed by atoms with E-state index < -0.39 is 11.3 Å². The summed E-state index contributed by atoms with van der Waals surface area (Å²) in [4.78, 5) is 26.4. The van der Waals surface area contributed by atoms with E-state index in [-0.39, 0.29) is 42.0 Å². The van der Waals surface area contributed by atoms with Gasteiger partial charge in [-0.2, -0.15) is 0 Å². The molecule has 0 amide bonds. The van der Waals surface area contributed by atoms with Crippen molar-refractivity contribution in [1.29, 1.82) is 0 Å². The van der Waals surface area contributed by atoms with Gasteiger partial charge in [0, 0.05) is 19.0 Å². The Kier molecular flexibility index (Phi) is 2.98. The summed E-state index contributed by atoms with van der Waals surface area (Å²) < 4.78 is 18.1. The Morgan fingerprint density at radius 3 is 2.58 bits per heavy atom. The van der Waals surface area contributed by atoms with Crippen LogP contribution in [0.15, 0.2) is 0 Å². The normalized spacial score (nSPS) is 53.5. The molecule has 0 radical (unpaired) electrons. The lowest BCUT2D eigenvalue weighted by Crippen LogP contribution is -2.62. The highest BCUT2D eigenvalue weighted by Gasteiger charge is 2.72. The molecule has 5 aliphatic rings. The zero-order chi connectivity index (χ0) is 16.7. The number of cyclic esters (lactones) is 1. The number of esters is 2. The monoisotopic (exact) mass is 335 g/mol. The van der Waals surface area contributed by atoms with E-state index in [1.807, 2.05) is 13.8 Å². The van der Waals surface area contributed by atoms with Gasteiger partial charge in [0.05, 0.1) is 17.9 Å². The van der Waals surface area contributed by atoms with Gasteiger partial charge in [-0.05, 0) is 32.1 Å². The van der Waals surface area contributed by atoms with E-state index in [2.05, 4.69) is 4.90 Å². The molecule has 5 fully saturated rings. The Morgan fingerprint density at radius 1 is 1.08 bits per heavy atom. The molecule has 132 valence electrons. The Morgan fingerprint density at radius 2 is 1.92 bits per heavy atom. The van der Waals surface area contributed by atoms with Gasteiger partial charge >= 0.3 is 11.9 Å². The number of nitrogens with zero attached hydrogens (tertiary/aromatic N) is 1. The number of hydrogen-bond donors (Lipinski definition) is 0. The maximum atomic E-state index is 12.2. The SMILES string of the molecule is C[C@H]1C[C@@H]([C@@H]2CC[C@]34O[C@H](CC[C@@]35C[C@H](C)C(=O)O5)CN24)OC1=O. The smallest absolute Gasteiger partial charge is 0.309 e. The first kappa shape index (κ1) is 15.1. The van der Waals surface area contributed by atoms with Crippen LogP contribution in [0, 0.1) is 11.8 Å². The van der Waals surface area contributed by atoms with Gasteiger partial charge in [-0.1, -0.05) is 13.8 Å². The summed E-state index contributed by atoms with van der Waals surface area (Å²) in [7, 11) is 0. The number of carbonyl (C=O) groups excluding carboxylic acids is 2. The lowest BCUT2D eigenvalue weighted by atomic mass is 9.78. The van der Waals surface area contributed by atoms with E-state index in [0.717, 1.165) is 45.1 Å². The van der Waals surface area contributed by atoms with Crippen molar-refractivity contribution in [2.24, 2.45) is 11.8 Å². The molecule has 0 N–H and O–H groups in total. The van der Waals surface area contributed by atoms with Gasteiger partial charge in [0.25, 0.3) is 0 Å². The van der Waals surface area contributed by atoms with E-state index >= 15 is 0 Å². The third kappa shape index (κ3) is 1.74. The fourth-order valence-electron chi connectivity index (χ4n) is 5.87. The zero-order valence-electron chi connectivity index (χ0n) is 14.3. The average molecular weight is 335 g/mol. The van der Waals surface area contributed by atoms with Gasteiger partial charge in [-0.3, -0.25) is 14.5 Å². The van der Waals surface area contributed by atoms with Crippen LogP contribution in [0.3, 0.4) is 0 Å². The highest BCUT2D eigenvalue weighted by atomic mass is 16.6. The third-order valence-electron chi connectivity index (χ3n) is 7.01. The molecule has 5 rings (SSSR count). The maximum absolute atomic E-state index is 12.2. The molecule has 0 saturated carbocycles. The van der Waals surface area contributed by atoms with Crippen molar-refractivity contribution in [3.05, 3.63) is 0 Å². The molecule has 6 nitrogen and oxygen atoms in total. The molecule has 0 aliphatic carbocycles. The second-order valence-corrected chi connectivity index (χ2v) is 8.45. The quantitative estimate of drug-likeness (QED) is 0.679. The van der Waals surface area contributed by atoms with Crippen molar-refractivity contribution in [1.82, 2.24) is 4.90 Å². The number of hydrogen-bond acceptors (Lipinski definition) is 6. The summed E-state index contributed by atoms with van der Waals surface area (Å²) in [5.74, 6) is -0.264. The van der Waals surface area contributed by atoms with E-state index in [1.54, 1.807) is 0 Å². The lowest BCUT2D eigenvalue weighted by Gasteiger charge is -2.48. The second kappa shape index (κ2) is 4.73. The van der Waals surface area contributed by atoms with Crippen molar-refractivity contribution in [3.8, 4) is 0 Å². The van der Waals surface area contributed by atoms with Gasteiger partial charge < -0.3 is 14.2 Å². The van der Waals surface area contributed by atoms with E-state index in [1.165, 1.54) is 0 Å². The minimum Gasteiger partial charge on any atom is -0.460 e. The van der Waals surface area contributed by atoms with Crippen LogP contribution in [0.5, 0.6) is 0 Å². The van der Waals surface area contributed by atoms with Crippen LogP contribution in [-0.4, -0.2) is 53.0 Å². The lowest BCUT2D eigenvalue weighted by molar-refractivity contribution is -0.246. The molecule has 0 aromatic carbocycles. The summed E-state index contributed by atoms with van der Waals surface area (Å²) in [6.45, 7) is 4.75. The van der Waals surface area contributed by atoms with E-state index in [9.17, 15) is 9.59 Å². The molecule has 7 atom stereocenters. The van der Waals surface area contributed by atoms with E-state index in [0.29, 0.717) is 0 Å². The Bertz CT molecular complexity index is 608. The third-order valence-corrected chi connectivity index (χ3v) is 7.01. The van der Waals surface area contributed by atoms with Crippen molar-refractivity contribution in [2.75, 3.05) is 6.54 Å². The van der Waals surface area contributed by atoms with Gasteiger partial charge in [0.2, 0.25) is 0 Å². The van der Waals surface area contributed by atoms with Crippen LogP contribution in [-0.2, 0) is 23.8 Å². The largest absolute Gasteiger partial charge is 0.460 e. The number of rotatable bonds is 1. The highest BCUT2D eigenvalue weighted by Crippen LogP contribution is 2.59. The molecular weight excluding hydrogens is 310 g/mol. The van der Waals surface area contributed by atoms with Gasteiger partial charge in [0.1, 0.15) is 6.10 Å². The van der Waals surface area contributed by atoms with Gasteiger partial charge in [-0.15, -0.1) is 0 Å². The predicted molar refractivity (Wildman–Crippen MR) is 82.8 cm³/mol. The summed E-state index contributed by atoms with van der Waals surface area (Å²) in [6, 6.07) is 0.188. The van der Waals surface area contributed by atoms with Crippen LogP contribution in [0.25, 0.3) is 0 Å². The summed E-state index contributed by atoms with van der Waals surface area (Å²) in [5.41, 5.74) is -1.02. The maximum Gasteiger partial charge on any atom is 0.309 e. The Balaban J connectivity index is 1.48. The fourth-order valence-corrected chi connectivity index (χ4v) is 5.87. The molecular formula is C18H25NO5. The van der Waals surface area contributed by atoms with Gasteiger partial charge in [-0.25, -0.2) is 0 Å². The number of ether oxygens (including phenoxy) is 3. The number of fused-ring (bicyclic) bond motifs is 1. The number of carbonyl (C=O) groups is 2. The molecule has 0 unspecified atom stereocenters. The Labute approximate surface area is 141 Å². The minimum absolute atomic E-state index is 0.0206. The molecule has 5 heterocycles. The standard InChI is InChI=1S/C18H25NO5/c1-10-7-14(22-15(10)20)13-4-6-18-17(8-11(2)16(21)24-17)5-3-12(23-18)9-19(13)18/h10-14H,3-9H2,1-2H3/t10-,11-,12+,13-,14-,17+,18-/m0/s1. The summed E-state index contributed by atoms with van der Waals surface area (Å²) >= 11 is 0. The first-order chi connectivity index (χ1) is 11.4.